The Morgan fingerprint density at radius 3 is 2.09 bits per heavy atom. The van der Waals surface area contributed by atoms with Gasteiger partial charge in [-0.15, -0.1) is 0 Å². The second-order valence-electron chi connectivity index (χ2n) is 16.7. The van der Waals surface area contributed by atoms with Crippen molar-refractivity contribution >= 4 is 48.1 Å². The van der Waals surface area contributed by atoms with Gasteiger partial charge in [-0.05, 0) is 73.0 Å². The lowest BCUT2D eigenvalue weighted by Gasteiger charge is -2.44. The van der Waals surface area contributed by atoms with Crippen molar-refractivity contribution in [2.24, 2.45) is 0 Å². The van der Waals surface area contributed by atoms with E-state index in [1.165, 1.54) is 11.0 Å². The van der Waals surface area contributed by atoms with Crippen LogP contribution in [0.15, 0.2) is 84.9 Å². The van der Waals surface area contributed by atoms with Crippen LogP contribution in [0.3, 0.4) is 0 Å². The van der Waals surface area contributed by atoms with Crippen molar-refractivity contribution in [2.75, 3.05) is 6.54 Å². The Labute approximate surface area is 337 Å². The lowest BCUT2D eigenvalue weighted by atomic mass is 9.94. The summed E-state index contributed by atoms with van der Waals surface area (Å²) in [5, 5.41) is 10.5. The Morgan fingerprint density at radius 2 is 1.49 bits per heavy atom. The predicted molar refractivity (Wildman–Crippen MR) is 222 cm³/mol. The van der Waals surface area contributed by atoms with Crippen LogP contribution < -0.4 is 26.3 Å². The van der Waals surface area contributed by atoms with Crippen molar-refractivity contribution in [3.63, 3.8) is 0 Å². The van der Waals surface area contributed by atoms with Gasteiger partial charge in [0.05, 0.1) is 0 Å². The second-order valence-corrected chi connectivity index (χ2v) is 21.0. The number of carbonyl (C=O) groups excluding carboxylic acids is 5. The van der Waals surface area contributed by atoms with Crippen molar-refractivity contribution in [1.29, 1.82) is 0 Å². The molecule has 0 aliphatic carbocycles. The molecule has 2 saturated heterocycles. The standard InChI is InChI=1S/C45H59FN4O6Si/c1-7-45(6)43(55)48-37(30-32-20-17-18-25-35(32)46)42(54)50-29-19-27-38(50)41(53)47-36(40(52)49-45)26-15-10-16-28-39(51)31(2)56-57(44(3,4)5,33-21-11-8-12-22-33)34-23-13-9-14-24-34/h8-9,11-14,17-18,20-25,31,36-38H,7,10,15-16,19,26-30H2,1-6H3,(H,47,53)(H,48,55)(H,49,52)/t31-,36-,37-,38+,45-/m0/s1. The van der Waals surface area contributed by atoms with E-state index < -0.39 is 67.5 Å². The summed E-state index contributed by atoms with van der Waals surface area (Å²) in [6.45, 7) is 12.0. The average Bonchev–Trinajstić information content (AvgIpc) is 3.69. The Balaban J connectivity index is 1.25. The molecule has 3 N–H and O–H groups in total. The Hall–Kier alpha value is -4.68. The fourth-order valence-corrected chi connectivity index (χ4v) is 12.8. The molecule has 4 amide bonds. The maximum absolute atomic E-state index is 14.7. The number of nitrogens with one attached hydrogen (secondary N) is 3. The number of Topliss-reactive ketones (excluding diaryl/α,β-unsaturated/α-hetero) is 1. The van der Waals surface area contributed by atoms with E-state index in [0.717, 1.165) is 10.4 Å². The predicted octanol–water partition coefficient (Wildman–Crippen LogP) is 5.11. The number of halogens is 1. The van der Waals surface area contributed by atoms with Gasteiger partial charge in [0, 0.05) is 19.4 Å². The number of ketones is 1. The highest BCUT2D eigenvalue weighted by Gasteiger charge is 2.51. The molecule has 2 fully saturated rings. The molecule has 0 unspecified atom stereocenters. The van der Waals surface area contributed by atoms with Gasteiger partial charge in [0.15, 0.2) is 5.78 Å². The Morgan fingerprint density at radius 1 is 0.877 bits per heavy atom. The van der Waals surface area contributed by atoms with Gasteiger partial charge in [-0.1, -0.05) is 119 Å². The van der Waals surface area contributed by atoms with E-state index in [1.54, 1.807) is 32.0 Å². The first kappa shape index (κ1) is 43.4. The fraction of sp³-hybridized carbons (Fsp3) is 0.489. The minimum Gasteiger partial charge on any atom is -0.398 e. The van der Waals surface area contributed by atoms with Gasteiger partial charge in [-0.2, -0.15) is 0 Å². The quantitative estimate of drug-likeness (QED) is 0.154. The van der Waals surface area contributed by atoms with Gasteiger partial charge in [0.1, 0.15) is 35.6 Å². The van der Waals surface area contributed by atoms with Crippen LogP contribution in [0.4, 0.5) is 4.39 Å². The molecule has 0 bridgehead atoms. The van der Waals surface area contributed by atoms with Crippen LogP contribution in [0.2, 0.25) is 5.04 Å². The number of amides is 4. The van der Waals surface area contributed by atoms with E-state index in [-0.39, 0.29) is 35.6 Å². The lowest BCUT2D eigenvalue weighted by Crippen LogP contribution is -2.68. The van der Waals surface area contributed by atoms with Crippen LogP contribution in [-0.4, -0.2) is 78.9 Å². The third-order valence-corrected chi connectivity index (χ3v) is 16.8. The molecule has 0 radical (unpaired) electrons. The highest BCUT2D eigenvalue weighted by Crippen LogP contribution is 2.37. The minimum absolute atomic E-state index is 0.00376. The van der Waals surface area contributed by atoms with Crippen LogP contribution in [0.25, 0.3) is 0 Å². The molecular weight excluding hydrogens is 740 g/mol. The van der Waals surface area contributed by atoms with Crippen molar-refractivity contribution in [3.05, 3.63) is 96.3 Å². The lowest BCUT2D eigenvalue weighted by molar-refractivity contribution is -0.144. The number of carbonyl (C=O) groups is 5. The maximum Gasteiger partial charge on any atom is 0.262 e. The summed E-state index contributed by atoms with van der Waals surface area (Å²) in [4.78, 5) is 70.6. The van der Waals surface area contributed by atoms with Crippen LogP contribution in [0, 0.1) is 5.82 Å². The van der Waals surface area contributed by atoms with Gasteiger partial charge in [-0.3, -0.25) is 24.0 Å². The number of rotatable bonds is 14. The fourth-order valence-electron chi connectivity index (χ4n) is 8.16. The van der Waals surface area contributed by atoms with Crippen molar-refractivity contribution < 1.29 is 32.8 Å². The zero-order valence-corrected chi connectivity index (χ0v) is 35.2. The SMILES string of the molecule is CC[C@]1(C)NC(=O)[C@H](CCCCCC(=O)[C@H](C)O[Si](c2ccccc2)(c2ccccc2)C(C)(C)C)NC(=O)[C@H]2CCCN2C(=O)[C@H](Cc2ccccc2F)NC1=O. The number of nitrogens with zero attached hydrogens (tertiary/aromatic N) is 1. The first-order valence-electron chi connectivity index (χ1n) is 20.4. The molecule has 3 aromatic carbocycles. The number of unbranched alkanes of at least 4 members (excludes halogenated alkanes) is 2. The molecule has 5 rings (SSSR count). The van der Waals surface area contributed by atoms with Gasteiger partial charge >= 0.3 is 0 Å². The summed E-state index contributed by atoms with van der Waals surface area (Å²) in [6, 6.07) is 23.5. The maximum atomic E-state index is 14.7. The topological polar surface area (TPSA) is 134 Å². The second kappa shape index (κ2) is 18.7. The summed E-state index contributed by atoms with van der Waals surface area (Å²) in [5.41, 5.74) is -1.15. The van der Waals surface area contributed by atoms with Crippen molar-refractivity contribution in [2.45, 2.75) is 134 Å². The molecule has 0 saturated carbocycles. The Kier molecular flexibility index (Phi) is 14.3. The molecule has 0 aromatic heterocycles. The van der Waals surface area contributed by atoms with E-state index in [1.807, 2.05) is 43.3 Å². The molecule has 5 atom stereocenters. The van der Waals surface area contributed by atoms with E-state index in [2.05, 4.69) is 61.0 Å². The molecule has 57 heavy (non-hydrogen) atoms. The first-order valence-corrected chi connectivity index (χ1v) is 22.3. The van der Waals surface area contributed by atoms with Crippen LogP contribution in [0.1, 0.15) is 98.5 Å². The van der Waals surface area contributed by atoms with Gasteiger partial charge < -0.3 is 25.3 Å². The summed E-state index contributed by atoms with van der Waals surface area (Å²) in [7, 11) is -2.92. The number of hydrogen-bond acceptors (Lipinski definition) is 6. The van der Waals surface area contributed by atoms with Gasteiger partial charge in [0.25, 0.3) is 8.32 Å². The monoisotopic (exact) mass is 798 g/mol. The molecule has 10 nitrogen and oxygen atoms in total. The van der Waals surface area contributed by atoms with E-state index in [0.29, 0.717) is 45.1 Å². The molecule has 2 aliphatic rings. The number of benzene rings is 3. The molecule has 0 spiro atoms. The van der Waals surface area contributed by atoms with Gasteiger partial charge in [-0.25, -0.2) is 4.39 Å². The number of fused-ring (bicyclic) bond motifs is 1. The molecule has 2 aliphatic heterocycles. The van der Waals surface area contributed by atoms with Crippen molar-refractivity contribution in [1.82, 2.24) is 20.9 Å². The van der Waals surface area contributed by atoms with E-state index in [9.17, 15) is 28.4 Å². The summed E-state index contributed by atoms with van der Waals surface area (Å²) >= 11 is 0. The van der Waals surface area contributed by atoms with Gasteiger partial charge in [0.2, 0.25) is 23.6 Å². The van der Waals surface area contributed by atoms with Crippen molar-refractivity contribution in [3.8, 4) is 0 Å². The highest BCUT2D eigenvalue weighted by atomic mass is 28.4. The number of hydrogen-bond donors (Lipinski definition) is 3. The zero-order valence-electron chi connectivity index (χ0n) is 34.2. The normalized spacial score (nSPS) is 22.7. The summed E-state index contributed by atoms with van der Waals surface area (Å²) < 4.78 is 21.7. The zero-order chi connectivity index (χ0) is 41.4. The molecule has 306 valence electrons. The van der Waals surface area contributed by atoms with E-state index in [4.69, 9.17) is 4.43 Å². The smallest absolute Gasteiger partial charge is 0.262 e. The largest absolute Gasteiger partial charge is 0.398 e. The molecule has 3 aromatic rings. The van der Waals surface area contributed by atoms with Crippen LogP contribution >= 0.6 is 0 Å². The Bertz CT molecular complexity index is 1850. The third kappa shape index (κ3) is 9.89. The van der Waals surface area contributed by atoms with Crippen LogP contribution in [-0.2, 0) is 34.8 Å². The minimum atomic E-state index is -2.92. The molecule has 2 heterocycles. The molecule has 12 heteroatoms. The highest BCUT2D eigenvalue weighted by molar-refractivity contribution is 6.99. The van der Waals surface area contributed by atoms with E-state index >= 15 is 0 Å². The average molecular weight is 799 g/mol. The summed E-state index contributed by atoms with van der Waals surface area (Å²) in [6.07, 6.45) is 2.71. The third-order valence-electron chi connectivity index (χ3n) is 11.7. The first-order chi connectivity index (χ1) is 27.1. The summed E-state index contributed by atoms with van der Waals surface area (Å²) in [5.74, 6) is -2.48. The van der Waals surface area contributed by atoms with Crippen LogP contribution in [0.5, 0.6) is 0 Å². The molecular formula is C45H59FN4O6Si.